The molecule has 2 unspecified atom stereocenters. The number of hydrogen-bond donors (Lipinski definition) is 0. The van der Waals surface area contributed by atoms with Gasteiger partial charge in [-0.1, -0.05) is 162 Å². The molecule has 0 aliphatic carbocycles. The molecule has 3 heteroatoms. The number of nitrogens with zero attached hydrogens (tertiary/aromatic N) is 2. The second kappa shape index (κ2) is 19.3. The standard InChI is InChI=1S/C32H62N2O/c1-7-11-15-19-23-26-31(5,25-21-17-13-9-3)29-33-30(35-34-29)32(6,27-22-18-14-10-4)28-24-20-16-12-8-2/h7-28H2,1-6H3. The molecule has 0 aliphatic heterocycles. The summed E-state index contributed by atoms with van der Waals surface area (Å²) in [6.45, 7) is 14.0. The smallest absolute Gasteiger partial charge is 0.232 e. The van der Waals surface area contributed by atoms with Crippen molar-refractivity contribution >= 4 is 0 Å². The Hall–Kier alpha value is -0.860. The van der Waals surface area contributed by atoms with Gasteiger partial charge in [0.2, 0.25) is 5.89 Å². The first kappa shape index (κ1) is 32.2. The van der Waals surface area contributed by atoms with Crippen LogP contribution in [0.25, 0.3) is 0 Å². The summed E-state index contributed by atoms with van der Waals surface area (Å²) in [7, 11) is 0. The molecule has 0 spiro atoms. The second-order valence-electron chi connectivity index (χ2n) is 12.0. The average Bonchev–Trinajstić information content (AvgIpc) is 3.37. The zero-order chi connectivity index (χ0) is 25.8. The Morgan fingerprint density at radius 1 is 0.486 bits per heavy atom. The van der Waals surface area contributed by atoms with E-state index in [1.807, 2.05) is 0 Å². The fourth-order valence-electron chi connectivity index (χ4n) is 5.52. The molecule has 0 bridgehead atoms. The van der Waals surface area contributed by atoms with Crippen LogP contribution in [0.1, 0.15) is 195 Å². The lowest BCUT2D eigenvalue weighted by molar-refractivity contribution is 0.250. The third kappa shape index (κ3) is 12.8. The van der Waals surface area contributed by atoms with Crippen LogP contribution < -0.4 is 0 Å². The predicted octanol–water partition coefficient (Wildman–Crippen LogP) is 11.2. The van der Waals surface area contributed by atoms with Crippen LogP contribution in [0.15, 0.2) is 4.52 Å². The molecule has 206 valence electrons. The summed E-state index contributed by atoms with van der Waals surface area (Å²) >= 11 is 0. The van der Waals surface area contributed by atoms with Gasteiger partial charge in [-0.3, -0.25) is 0 Å². The summed E-state index contributed by atoms with van der Waals surface area (Å²) < 4.78 is 6.12. The van der Waals surface area contributed by atoms with Crippen molar-refractivity contribution in [2.75, 3.05) is 0 Å². The molecule has 0 aromatic carbocycles. The summed E-state index contributed by atoms with van der Waals surface area (Å²) in [4.78, 5) is 5.20. The van der Waals surface area contributed by atoms with Crippen LogP contribution in [0.3, 0.4) is 0 Å². The molecule has 1 aromatic heterocycles. The second-order valence-corrected chi connectivity index (χ2v) is 12.0. The maximum Gasteiger partial charge on any atom is 0.232 e. The van der Waals surface area contributed by atoms with Gasteiger partial charge in [-0.2, -0.15) is 4.98 Å². The summed E-state index contributed by atoms with van der Waals surface area (Å²) in [6, 6.07) is 0. The average molecular weight is 491 g/mol. The van der Waals surface area contributed by atoms with Crippen molar-refractivity contribution in [3.8, 4) is 0 Å². The SMILES string of the molecule is CCCCCCCC(C)(CCCCCC)c1noc(C(C)(CCCCCC)CCCCCCC)n1. The highest BCUT2D eigenvalue weighted by Crippen LogP contribution is 2.38. The highest BCUT2D eigenvalue weighted by atomic mass is 16.5. The zero-order valence-electron chi connectivity index (χ0n) is 24.9. The van der Waals surface area contributed by atoms with E-state index in [1.54, 1.807) is 0 Å². The van der Waals surface area contributed by atoms with Gasteiger partial charge in [0, 0.05) is 10.8 Å². The lowest BCUT2D eigenvalue weighted by Gasteiger charge is -2.27. The monoisotopic (exact) mass is 490 g/mol. The molecule has 0 N–H and O–H groups in total. The van der Waals surface area contributed by atoms with Crippen LogP contribution in [0.5, 0.6) is 0 Å². The van der Waals surface area contributed by atoms with Crippen molar-refractivity contribution < 1.29 is 4.52 Å². The largest absolute Gasteiger partial charge is 0.339 e. The first-order chi connectivity index (χ1) is 17.0. The predicted molar refractivity (Wildman–Crippen MR) is 153 cm³/mol. The van der Waals surface area contributed by atoms with Gasteiger partial charge in [-0.05, 0) is 25.7 Å². The molecule has 35 heavy (non-hydrogen) atoms. The minimum atomic E-state index is 0.0233. The van der Waals surface area contributed by atoms with E-state index in [-0.39, 0.29) is 10.8 Å². The topological polar surface area (TPSA) is 38.9 Å². The van der Waals surface area contributed by atoms with Gasteiger partial charge in [0.25, 0.3) is 0 Å². The van der Waals surface area contributed by atoms with Gasteiger partial charge in [-0.25, -0.2) is 0 Å². The van der Waals surface area contributed by atoms with E-state index in [2.05, 4.69) is 46.7 Å². The molecule has 0 radical (unpaired) electrons. The van der Waals surface area contributed by atoms with Gasteiger partial charge in [0.1, 0.15) is 0 Å². The van der Waals surface area contributed by atoms with Gasteiger partial charge < -0.3 is 4.52 Å². The van der Waals surface area contributed by atoms with Crippen LogP contribution in [-0.4, -0.2) is 10.1 Å². The van der Waals surface area contributed by atoms with E-state index >= 15 is 0 Å². The van der Waals surface area contributed by atoms with E-state index in [4.69, 9.17) is 9.51 Å². The number of hydrogen-bond acceptors (Lipinski definition) is 3. The molecule has 0 saturated heterocycles. The lowest BCUT2D eigenvalue weighted by atomic mass is 9.78. The van der Waals surface area contributed by atoms with Crippen molar-refractivity contribution in [1.29, 1.82) is 0 Å². The maximum absolute atomic E-state index is 6.12. The zero-order valence-corrected chi connectivity index (χ0v) is 24.9. The quantitative estimate of drug-likeness (QED) is 0.135. The van der Waals surface area contributed by atoms with Gasteiger partial charge in [-0.15, -0.1) is 0 Å². The maximum atomic E-state index is 6.12. The summed E-state index contributed by atoms with van der Waals surface area (Å²) in [5, 5.41) is 4.68. The first-order valence-corrected chi connectivity index (χ1v) is 15.8. The van der Waals surface area contributed by atoms with E-state index in [0.29, 0.717) is 0 Å². The van der Waals surface area contributed by atoms with Crippen molar-refractivity contribution in [3.63, 3.8) is 0 Å². The van der Waals surface area contributed by atoms with Crippen LogP contribution in [0.2, 0.25) is 0 Å². The molecule has 0 amide bonds. The minimum absolute atomic E-state index is 0.0233. The molecule has 1 heterocycles. The lowest BCUT2D eigenvalue weighted by Crippen LogP contribution is -2.26. The Morgan fingerprint density at radius 3 is 1.23 bits per heavy atom. The van der Waals surface area contributed by atoms with Gasteiger partial charge in [0.05, 0.1) is 0 Å². The normalized spacial score (nSPS) is 15.3. The molecular weight excluding hydrogens is 428 g/mol. The molecule has 1 aromatic rings. The number of unbranched alkanes of at least 4 members (excludes halogenated alkanes) is 14. The Labute approximate surface area is 220 Å². The molecular formula is C32H62N2O. The van der Waals surface area contributed by atoms with Gasteiger partial charge in [0.15, 0.2) is 5.82 Å². The first-order valence-electron chi connectivity index (χ1n) is 15.8. The third-order valence-corrected chi connectivity index (χ3v) is 8.31. The molecule has 2 atom stereocenters. The summed E-state index contributed by atoms with van der Waals surface area (Å²) in [6.07, 6.45) is 28.4. The molecule has 0 fully saturated rings. The van der Waals surface area contributed by atoms with Crippen LogP contribution in [-0.2, 0) is 10.8 Å². The third-order valence-electron chi connectivity index (χ3n) is 8.31. The van der Waals surface area contributed by atoms with E-state index < -0.39 is 0 Å². The molecule has 3 nitrogen and oxygen atoms in total. The van der Waals surface area contributed by atoms with E-state index in [1.165, 1.54) is 141 Å². The van der Waals surface area contributed by atoms with Crippen molar-refractivity contribution in [2.24, 2.45) is 0 Å². The Balaban J connectivity index is 2.95. The van der Waals surface area contributed by atoms with E-state index in [9.17, 15) is 0 Å². The summed E-state index contributed by atoms with van der Waals surface area (Å²) in [5.74, 6) is 1.91. The van der Waals surface area contributed by atoms with E-state index in [0.717, 1.165) is 11.7 Å². The molecule has 1 rings (SSSR count). The Kier molecular flexibility index (Phi) is 17.7. The summed E-state index contributed by atoms with van der Waals surface area (Å²) in [5.41, 5.74) is 0.0708. The van der Waals surface area contributed by atoms with Crippen LogP contribution >= 0.6 is 0 Å². The van der Waals surface area contributed by atoms with Gasteiger partial charge >= 0.3 is 0 Å². The van der Waals surface area contributed by atoms with Crippen LogP contribution in [0, 0.1) is 0 Å². The molecule has 0 aliphatic rings. The minimum Gasteiger partial charge on any atom is -0.339 e. The van der Waals surface area contributed by atoms with Crippen molar-refractivity contribution in [3.05, 3.63) is 11.7 Å². The fraction of sp³-hybridized carbons (Fsp3) is 0.938. The number of rotatable bonds is 24. The number of aromatic nitrogens is 2. The van der Waals surface area contributed by atoms with Crippen LogP contribution in [0.4, 0.5) is 0 Å². The Morgan fingerprint density at radius 2 is 0.829 bits per heavy atom. The van der Waals surface area contributed by atoms with Crippen molar-refractivity contribution in [2.45, 2.75) is 194 Å². The van der Waals surface area contributed by atoms with Crippen molar-refractivity contribution in [1.82, 2.24) is 10.1 Å². The Bertz CT molecular complexity index is 562. The fourth-order valence-corrected chi connectivity index (χ4v) is 5.52. The highest BCUT2D eigenvalue weighted by molar-refractivity contribution is 5.10. The highest BCUT2D eigenvalue weighted by Gasteiger charge is 2.36. The molecule has 0 saturated carbocycles.